The van der Waals surface area contributed by atoms with E-state index in [-0.39, 0.29) is 5.88 Å². The van der Waals surface area contributed by atoms with Crippen LogP contribution < -0.4 is 4.74 Å². The lowest BCUT2D eigenvalue weighted by Crippen LogP contribution is -2.00. The molecule has 0 saturated heterocycles. The van der Waals surface area contributed by atoms with Gasteiger partial charge in [-0.2, -0.15) is 4.98 Å². The maximum absolute atomic E-state index is 13.4. The highest BCUT2D eigenvalue weighted by Crippen LogP contribution is 2.27. The van der Waals surface area contributed by atoms with Gasteiger partial charge in [0.25, 0.3) is 5.88 Å². The van der Waals surface area contributed by atoms with E-state index >= 15 is 0 Å². The quantitative estimate of drug-likeness (QED) is 0.834. The summed E-state index contributed by atoms with van der Waals surface area (Å²) in [5.74, 6) is -0.535. The molecule has 0 atom stereocenters. The molecule has 3 nitrogen and oxygen atoms in total. The van der Waals surface area contributed by atoms with E-state index in [1.54, 1.807) is 6.42 Å². The molecule has 79 valence electrons. The highest BCUT2D eigenvalue weighted by atomic mass is 35.5. The molecule has 1 radical (unpaired) electrons. The Bertz CT molecular complexity index is 488. The molecule has 15 heavy (non-hydrogen) atoms. The van der Waals surface area contributed by atoms with Gasteiger partial charge >= 0.3 is 0 Å². The summed E-state index contributed by atoms with van der Waals surface area (Å²) in [4.78, 5) is 8.48. The Labute approximate surface area is 94.9 Å². The molecular formula is C9H7ClFN2OS. The van der Waals surface area contributed by atoms with Gasteiger partial charge in [-0.15, -0.1) is 0 Å². The lowest BCUT2D eigenvalue weighted by atomic mass is 10.4. The van der Waals surface area contributed by atoms with Crippen LogP contribution in [0.2, 0.25) is 4.47 Å². The first-order valence-electron chi connectivity index (χ1n) is 4.24. The second kappa shape index (κ2) is 4.28. The molecule has 0 N–H and O–H groups in total. The normalized spacial score (nSPS) is 10.9. The molecule has 0 aliphatic rings. The third kappa shape index (κ3) is 2.18. The number of nitrogens with zero attached hydrogens (tertiary/aromatic N) is 2. The van der Waals surface area contributed by atoms with Crippen LogP contribution in [0.5, 0.6) is 5.88 Å². The molecule has 0 aliphatic carbocycles. The molecule has 2 heterocycles. The Morgan fingerprint density at radius 2 is 2.40 bits per heavy atom. The summed E-state index contributed by atoms with van der Waals surface area (Å²) in [6, 6.07) is 1.27. The van der Waals surface area contributed by atoms with Crippen molar-refractivity contribution in [3.05, 3.63) is 22.8 Å². The van der Waals surface area contributed by atoms with Crippen LogP contribution in [0.1, 0.15) is 6.92 Å². The van der Waals surface area contributed by atoms with Gasteiger partial charge < -0.3 is 4.74 Å². The van der Waals surface area contributed by atoms with E-state index in [2.05, 4.69) is 9.97 Å². The molecule has 0 bridgehead atoms. The van der Waals surface area contributed by atoms with Gasteiger partial charge in [0.2, 0.25) is 0 Å². The number of aromatic nitrogens is 2. The zero-order valence-corrected chi connectivity index (χ0v) is 9.40. The largest absolute Gasteiger partial charge is 0.475 e. The smallest absolute Gasteiger partial charge is 0.251 e. The SMILES string of the molecule is C[CH]COc1nc2sc(Cl)nc2cc1F. The predicted molar refractivity (Wildman–Crippen MR) is 57.9 cm³/mol. The summed E-state index contributed by atoms with van der Waals surface area (Å²) in [6.07, 6.45) is 1.77. The van der Waals surface area contributed by atoms with Crippen LogP contribution in [0, 0.1) is 12.2 Å². The lowest BCUT2D eigenvalue weighted by molar-refractivity contribution is 0.317. The zero-order valence-electron chi connectivity index (χ0n) is 7.83. The van der Waals surface area contributed by atoms with Crippen molar-refractivity contribution in [1.82, 2.24) is 9.97 Å². The molecule has 0 spiro atoms. The van der Waals surface area contributed by atoms with E-state index in [0.29, 0.717) is 21.4 Å². The Morgan fingerprint density at radius 1 is 1.60 bits per heavy atom. The van der Waals surface area contributed by atoms with Gasteiger partial charge in [-0.3, -0.25) is 0 Å². The van der Waals surface area contributed by atoms with E-state index in [4.69, 9.17) is 16.3 Å². The Hall–Kier alpha value is -0.940. The summed E-state index contributed by atoms with van der Waals surface area (Å²) in [5.41, 5.74) is 0.454. The van der Waals surface area contributed by atoms with E-state index in [1.165, 1.54) is 17.4 Å². The number of hydrogen-bond donors (Lipinski definition) is 0. The average molecular weight is 246 g/mol. The fourth-order valence-electron chi connectivity index (χ4n) is 1.06. The maximum atomic E-state index is 13.4. The fourth-order valence-corrected chi connectivity index (χ4v) is 2.01. The van der Waals surface area contributed by atoms with Crippen LogP contribution in [-0.2, 0) is 0 Å². The molecule has 0 amide bonds. The number of halogens is 2. The molecule has 2 aromatic heterocycles. The third-order valence-electron chi connectivity index (χ3n) is 1.67. The molecule has 0 saturated carbocycles. The molecule has 0 aromatic carbocycles. The van der Waals surface area contributed by atoms with Crippen molar-refractivity contribution in [3.63, 3.8) is 0 Å². The van der Waals surface area contributed by atoms with Crippen LogP contribution in [0.4, 0.5) is 4.39 Å². The van der Waals surface area contributed by atoms with Crippen molar-refractivity contribution in [2.24, 2.45) is 0 Å². The highest BCUT2D eigenvalue weighted by molar-refractivity contribution is 7.21. The molecule has 0 fully saturated rings. The van der Waals surface area contributed by atoms with E-state index in [0.717, 1.165) is 0 Å². The first-order valence-corrected chi connectivity index (χ1v) is 5.43. The molecular weight excluding hydrogens is 239 g/mol. The fraction of sp³-hybridized carbons (Fsp3) is 0.222. The average Bonchev–Trinajstić information content (AvgIpc) is 2.53. The van der Waals surface area contributed by atoms with Crippen molar-refractivity contribution < 1.29 is 9.13 Å². The standard InChI is InChI=1S/C9H7ClFN2OS/c1-2-3-14-7-5(11)4-6-8(13-7)15-9(10)12-6/h2,4H,3H2,1H3. The molecule has 2 aromatic rings. The minimum atomic E-state index is -0.522. The van der Waals surface area contributed by atoms with Gasteiger partial charge in [-0.05, 0) is 6.42 Å². The Morgan fingerprint density at radius 3 is 3.13 bits per heavy atom. The lowest BCUT2D eigenvalue weighted by Gasteiger charge is -2.03. The summed E-state index contributed by atoms with van der Waals surface area (Å²) in [5, 5.41) is 0. The first kappa shape index (κ1) is 10.6. The van der Waals surface area contributed by atoms with E-state index in [9.17, 15) is 4.39 Å². The second-order valence-corrected chi connectivity index (χ2v) is 4.35. The van der Waals surface area contributed by atoms with Gasteiger partial charge in [0.15, 0.2) is 10.3 Å². The number of pyridine rings is 1. The van der Waals surface area contributed by atoms with Gasteiger partial charge in [-0.25, -0.2) is 9.37 Å². The second-order valence-electron chi connectivity index (χ2n) is 2.79. The first-order chi connectivity index (χ1) is 7.20. The highest BCUT2D eigenvalue weighted by Gasteiger charge is 2.11. The monoisotopic (exact) mass is 245 g/mol. The van der Waals surface area contributed by atoms with Crippen molar-refractivity contribution in [3.8, 4) is 5.88 Å². The number of rotatable bonds is 3. The van der Waals surface area contributed by atoms with Gasteiger partial charge in [-0.1, -0.05) is 29.9 Å². The van der Waals surface area contributed by atoms with Crippen LogP contribution in [0.3, 0.4) is 0 Å². The zero-order chi connectivity index (χ0) is 10.8. The van der Waals surface area contributed by atoms with Gasteiger partial charge in [0.1, 0.15) is 10.3 Å². The van der Waals surface area contributed by atoms with Crippen LogP contribution >= 0.6 is 22.9 Å². The Balaban J connectivity index is 2.42. The number of hydrogen-bond acceptors (Lipinski definition) is 4. The molecule has 2 rings (SSSR count). The van der Waals surface area contributed by atoms with Crippen molar-refractivity contribution in [2.75, 3.05) is 6.61 Å². The summed E-state index contributed by atoms with van der Waals surface area (Å²) < 4.78 is 18.8. The van der Waals surface area contributed by atoms with Crippen molar-refractivity contribution in [2.45, 2.75) is 6.92 Å². The molecule has 0 aliphatic heterocycles. The van der Waals surface area contributed by atoms with E-state index in [1.807, 2.05) is 6.92 Å². The van der Waals surface area contributed by atoms with E-state index < -0.39 is 5.82 Å². The minimum Gasteiger partial charge on any atom is -0.475 e. The number of thiazole rings is 1. The van der Waals surface area contributed by atoms with Crippen LogP contribution in [0.25, 0.3) is 10.3 Å². The predicted octanol–water partition coefficient (Wildman–Crippen LogP) is 3.09. The molecule has 6 heteroatoms. The minimum absolute atomic E-state index is 0.0130. The summed E-state index contributed by atoms with van der Waals surface area (Å²) in [6.45, 7) is 2.14. The Kier molecular flexibility index (Phi) is 3.02. The van der Waals surface area contributed by atoms with Crippen molar-refractivity contribution >= 4 is 33.3 Å². The number of fused-ring (bicyclic) bond motifs is 1. The van der Waals surface area contributed by atoms with Crippen LogP contribution in [0.15, 0.2) is 6.07 Å². The van der Waals surface area contributed by atoms with Crippen LogP contribution in [-0.4, -0.2) is 16.6 Å². The van der Waals surface area contributed by atoms with Gasteiger partial charge in [0.05, 0.1) is 6.61 Å². The van der Waals surface area contributed by atoms with Crippen molar-refractivity contribution in [1.29, 1.82) is 0 Å². The van der Waals surface area contributed by atoms with Gasteiger partial charge in [0, 0.05) is 6.07 Å². The third-order valence-corrected chi connectivity index (χ3v) is 2.74. The summed E-state index contributed by atoms with van der Waals surface area (Å²) >= 11 is 6.88. The topological polar surface area (TPSA) is 35.0 Å². The summed E-state index contributed by atoms with van der Waals surface area (Å²) in [7, 11) is 0. The maximum Gasteiger partial charge on any atom is 0.251 e. The number of ether oxygens (including phenoxy) is 1. The molecule has 0 unspecified atom stereocenters.